The molecule has 5 heteroatoms. The number of nitrogens with one attached hydrogen (secondary N) is 1. The number of nitrogens with zero attached hydrogens (tertiary/aromatic N) is 2. The molecule has 5 nitrogen and oxygen atoms in total. The van der Waals surface area contributed by atoms with Crippen molar-refractivity contribution < 1.29 is 9.90 Å². The number of rotatable bonds is 9. The summed E-state index contributed by atoms with van der Waals surface area (Å²) in [5.41, 5.74) is 3.65. The Balaban J connectivity index is 1.65. The lowest BCUT2D eigenvalue weighted by atomic mass is 9.93. The van der Waals surface area contributed by atoms with E-state index in [4.69, 9.17) is 0 Å². The topological polar surface area (TPSA) is 55.8 Å². The molecule has 0 fully saturated rings. The molecular weight excluding hydrogens is 362 g/mol. The van der Waals surface area contributed by atoms with Crippen LogP contribution in [0.1, 0.15) is 37.0 Å². The normalized spacial score (nSPS) is 16.6. The van der Waals surface area contributed by atoms with Gasteiger partial charge < -0.3 is 15.3 Å². The zero-order valence-electron chi connectivity index (χ0n) is 17.6. The van der Waals surface area contributed by atoms with Crippen LogP contribution in [0.15, 0.2) is 48.5 Å². The molecule has 0 aliphatic carbocycles. The molecule has 0 aromatic heterocycles. The second kappa shape index (κ2) is 10.4. The standard InChI is InChI=1S/C24H33N3O2/c1-3-26(4-2)15-7-14-25-24(29)23-16-20-8-5-6-9-21(20)18-27(23)17-19-10-12-22(28)13-11-19/h5-6,8-13,23,28H,3-4,7,14-18H2,1-2H3,(H,25,29). The number of hydrogen-bond donors (Lipinski definition) is 2. The molecule has 1 amide bonds. The van der Waals surface area contributed by atoms with Gasteiger partial charge in [0.25, 0.3) is 0 Å². The lowest BCUT2D eigenvalue weighted by Crippen LogP contribution is -2.50. The van der Waals surface area contributed by atoms with E-state index in [0.717, 1.165) is 44.6 Å². The van der Waals surface area contributed by atoms with Crippen LogP contribution in [-0.4, -0.2) is 53.0 Å². The van der Waals surface area contributed by atoms with Gasteiger partial charge in [0.15, 0.2) is 0 Å². The molecule has 156 valence electrons. The SMILES string of the molecule is CCN(CC)CCCNC(=O)C1Cc2ccccc2CN1Cc1ccc(O)cc1. The van der Waals surface area contributed by atoms with E-state index in [1.54, 1.807) is 12.1 Å². The first-order chi connectivity index (χ1) is 14.1. The van der Waals surface area contributed by atoms with Crippen molar-refractivity contribution in [2.45, 2.75) is 45.8 Å². The van der Waals surface area contributed by atoms with E-state index in [2.05, 4.69) is 47.2 Å². The minimum Gasteiger partial charge on any atom is -0.508 e. The zero-order valence-corrected chi connectivity index (χ0v) is 17.6. The van der Waals surface area contributed by atoms with Crippen LogP contribution in [0.2, 0.25) is 0 Å². The first kappa shape index (κ1) is 21.3. The lowest BCUT2D eigenvalue weighted by molar-refractivity contribution is -0.127. The van der Waals surface area contributed by atoms with Crippen molar-refractivity contribution in [3.8, 4) is 5.75 Å². The summed E-state index contributed by atoms with van der Waals surface area (Å²) in [6.45, 7) is 9.60. The Bertz CT molecular complexity index is 787. The predicted octanol–water partition coefficient (Wildman–Crippen LogP) is 3.17. The van der Waals surface area contributed by atoms with Gasteiger partial charge in [0, 0.05) is 19.6 Å². The smallest absolute Gasteiger partial charge is 0.237 e. The third kappa shape index (κ3) is 5.81. The van der Waals surface area contributed by atoms with E-state index in [1.807, 2.05) is 18.2 Å². The van der Waals surface area contributed by atoms with Gasteiger partial charge in [0.2, 0.25) is 5.91 Å². The van der Waals surface area contributed by atoms with Gasteiger partial charge in [0.05, 0.1) is 6.04 Å². The number of fused-ring (bicyclic) bond motifs is 1. The van der Waals surface area contributed by atoms with Crippen LogP contribution in [0.3, 0.4) is 0 Å². The highest BCUT2D eigenvalue weighted by molar-refractivity contribution is 5.82. The van der Waals surface area contributed by atoms with Gasteiger partial charge in [-0.2, -0.15) is 0 Å². The molecule has 29 heavy (non-hydrogen) atoms. The van der Waals surface area contributed by atoms with Gasteiger partial charge in [-0.3, -0.25) is 9.69 Å². The van der Waals surface area contributed by atoms with Crippen molar-refractivity contribution in [3.05, 3.63) is 65.2 Å². The van der Waals surface area contributed by atoms with Crippen LogP contribution in [-0.2, 0) is 24.3 Å². The molecule has 1 aliphatic rings. The van der Waals surface area contributed by atoms with Crippen LogP contribution in [0, 0.1) is 0 Å². The molecule has 0 saturated carbocycles. The van der Waals surface area contributed by atoms with E-state index >= 15 is 0 Å². The van der Waals surface area contributed by atoms with Crippen LogP contribution in [0.5, 0.6) is 5.75 Å². The maximum absolute atomic E-state index is 13.0. The minimum atomic E-state index is -0.174. The molecule has 0 radical (unpaired) electrons. The molecular formula is C24H33N3O2. The number of phenolic OH excluding ortho intramolecular Hbond substituents is 1. The Labute approximate surface area is 174 Å². The van der Waals surface area contributed by atoms with E-state index in [0.29, 0.717) is 13.1 Å². The van der Waals surface area contributed by atoms with Crippen molar-refractivity contribution in [2.24, 2.45) is 0 Å². The molecule has 1 unspecified atom stereocenters. The summed E-state index contributed by atoms with van der Waals surface area (Å²) < 4.78 is 0. The van der Waals surface area contributed by atoms with Crippen LogP contribution in [0.4, 0.5) is 0 Å². The predicted molar refractivity (Wildman–Crippen MR) is 117 cm³/mol. The Morgan fingerprint density at radius 2 is 1.79 bits per heavy atom. The second-order valence-electron chi connectivity index (χ2n) is 7.73. The fraction of sp³-hybridized carbons (Fsp3) is 0.458. The average molecular weight is 396 g/mol. The molecule has 0 saturated heterocycles. The van der Waals surface area contributed by atoms with E-state index in [-0.39, 0.29) is 17.7 Å². The molecule has 2 aromatic carbocycles. The van der Waals surface area contributed by atoms with Gasteiger partial charge in [-0.05, 0) is 61.3 Å². The molecule has 0 spiro atoms. The summed E-state index contributed by atoms with van der Waals surface area (Å²) in [5.74, 6) is 0.373. The van der Waals surface area contributed by atoms with Crippen LogP contribution >= 0.6 is 0 Å². The molecule has 3 rings (SSSR count). The number of benzene rings is 2. The number of phenols is 1. The Hall–Kier alpha value is -2.37. The van der Waals surface area contributed by atoms with Crippen molar-refractivity contribution in [1.29, 1.82) is 0 Å². The van der Waals surface area contributed by atoms with Crippen molar-refractivity contribution in [2.75, 3.05) is 26.2 Å². The summed E-state index contributed by atoms with van der Waals surface area (Å²) in [7, 11) is 0. The van der Waals surface area contributed by atoms with Crippen molar-refractivity contribution in [3.63, 3.8) is 0 Å². The number of carbonyl (C=O) groups is 1. The summed E-state index contributed by atoms with van der Waals surface area (Å²) in [6.07, 6.45) is 1.70. The summed E-state index contributed by atoms with van der Waals surface area (Å²) in [4.78, 5) is 17.7. The Morgan fingerprint density at radius 1 is 1.10 bits per heavy atom. The highest BCUT2D eigenvalue weighted by Crippen LogP contribution is 2.25. The number of amides is 1. The largest absolute Gasteiger partial charge is 0.508 e. The summed E-state index contributed by atoms with van der Waals surface area (Å²) >= 11 is 0. The highest BCUT2D eigenvalue weighted by atomic mass is 16.3. The molecule has 2 N–H and O–H groups in total. The van der Waals surface area contributed by atoms with E-state index in [9.17, 15) is 9.90 Å². The minimum absolute atomic E-state index is 0.109. The molecule has 2 aromatic rings. The van der Waals surface area contributed by atoms with Gasteiger partial charge in [-0.1, -0.05) is 50.2 Å². The number of aromatic hydroxyl groups is 1. The van der Waals surface area contributed by atoms with Gasteiger partial charge in [-0.15, -0.1) is 0 Å². The van der Waals surface area contributed by atoms with Crippen molar-refractivity contribution >= 4 is 5.91 Å². The monoisotopic (exact) mass is 395 g/mol. The summed E-state index contributed by atoms with van der Waals surface area (Å²) in [5, 5.41) is 12.7. The third-order valence-corrected chi connectivity index (χ3v) is 5.82. The molecule has 1 heterocycles. The maximum atomic E-state index is 13.0. The van der Waals surface area contributed by atoms with E-state index in [1.165, 1.54) is 11.1 Å². The Morgan fingerprint density at radius 3 is 2.48 bits per heavy atom. The first-order valence-electron chi connectivity index (χ1n) is 10.7. The van der Waals surface area contributed by atoms with Crippen molar-refractivity contribution in [1.82, 2.24) is 15.1 Å². The number of carbonyl (C=O) groups excluding carboxylic acids is 1. The van der Waals surface area contributed by atoms with Crippen LogP contribution < -0.4 is 5.32 Å². The quantitative estimate of drug-likeness (QED) is 0.641. The fourth-order valence-electron chi connectivity index (χ4n) is 4.01. The zero-order chi connectivity index (χ0) is 20.6. The maximum Gasteiger partial charge on any atom is 0.237 e. The highest BCUT2D eigenvalue weighted by Gasteiger charge is 2.31. The Kier molecular flexibility index (Phi) is 7.67. The first-order valence-corrected chi connectivity index (χ1v) is 10.7. The molecule has 1 aliphatic heterocycles. The number of hydrogen-bond acceptors (Lipinski definition) is 4. The second-order valence-corrected chi connectivity index (χ2v) is 7.73. The lowest BCUT2D eigenvalue weighted by Gasteiger charge is -2.36. The van der Waals surface area contributed by atoms with Gasteiger partial charge >= 0.3 is 0 Å². The van der Waals surface area contributed by atoms with Gasteiger partial charge in [0.1, 0.15) is 5.75 Å². The summed E-state index contributed by atoms with van der Waals surface area (Å²) in [6, 6.07) is 15.5. The third-order valence-electron chi connectivity index (χ3n) is 5.82. The molecule has 1 atom stereocenters. The van der Waals surface area contributed by atoms with Gasteiger partial charge in [-0.25, -0.2) is 0 Å². The fourth-order valence-corrected chi connectivity index (χ4v) is 4.01. The molecule has 0 bridgehead atoms. The average Bonchev–Trinajstić information content (AvgIpc) is 2.75. The van der Waals surface area contributed by atoms with Crippen LogP contribution in [0.25, 0.3) is 0 Å². The van der Waals surface area contributed by atoms with E-state index < -0.39 is 0 Å².